The fraction of sp³-hybridized carbons (Fsp3) is 0.333. The van der Waals surface area contributed by atoms with Crippen LogP contribution >= 0.6 is 22.9 Å². The second kappa shape index (κ2) is 5.74. The Balaban J connectivity index is 1.70. The van der Waals surface area contributed by atoms with Gasteiger partial charge in [-0.2, -0.15) is 0 Å². The Bertz CT molecular complexity index is 483. The van der Waals surface area contributed by atoms with Crippen molar-refractivity contribution >= 4 is 28.8 Å². The number of carbonyl (C=O) groups is 1. The summed E-state index contributed by atoms with van der Waals surface area (Å²) in [6, 6.07) is 0. The molecule has 2 aromatic heterocycles. The average molecular weight is 272 g/mol. The third kappa shape index (κ3) is 3.50. The molecule has 0 aliphatic heterocycles. The van der Waals surface area contributed by atoms with Crippen molar-refractivity contribution in [2.75, 3.05) is 6.54 Å². The summed E-state index contributed by atoms with van der Waals surface area (Å²) in [5.74, 6) is 0.673. The monoisotopic (exact) mass is 271 g/mol. The lowest BCUT2D eigenvalue weighted by atomic mass is 10.3. The van der Waals surface area contributed by atoms with E-state index in [1.54, 1.807) is 12.4 Å². The number of H-pyrrole nitrogens is 1. The van der Waals surface area contributed by atoms with Gasteiger partial charge in [0.05, 0.1) is 0 Å². The van der Waals surface area contributed by atoms with Crippen molar-refractivity contribution in [1.82, 2.24) is 25.5 Å². The van der Waals surface area contributed by atoms with Gasteiger partial charge in [0.15, 0.2) is 0 Å². The average Bonchev–Trinajstić information content (AvgIpc) is 2.95. The van der Waals surface area contributed by atoms with Gasteiger partial charge in [-0.15, -0.1) is 10.2 Å². The van der Waals surface area contributed by atoms with Crippen LogP contribution in [0.3, 0.4) is 0 Å². The van der Waals surface area contributed by atoms with E-state index in [9.17, 15) is 4.79 Å². The Hall–Kier alpha value is -1.47. The minimum Gasteiger partial charge on any atom is -0.350 e. The van der Waals surface area contributed by atoms with E-state index in [4.69, 9.17) is 11.6 Å². The van der Waals surface area contributed by atoms with Gasteiger partial charge in [0.1, 0.15) is 5.82 Å². The molecular weight excluding hydrogens is 262 g/mol. The maximum absolute atomic E-state index is 11.5. The summed E-state index contributed by atoms with van der Waals surface area (Å²) >= 11 is 6.65. The number of halogens is 1. The predicted octanol–water partition coefficient (Wildman–Crippen LogP) is 1.28. The molecular formula is C9H10ClN5OS. The van der Waals surface area contributed by atoms with E-state index >= 15 is 0 Å². The highest BCUT2D eigenvalue weighted by molar-refractivity contribution is 7.17. The number of hydrogen-bond donors (Lipinski definition) is 2. The van der Waals surface area contributed by atoms with E-state index in [0.717, 1.165) is 30.0 Å². The molecule has 0 radical (unpaired) electrons. The lowest BCUT2D eigenvalue weighted by molar-refractivity contribution is 0.0952. The first-order valence-electron chi connectivity index (χ1n) is 5.01. The number of nitrogens with one attached hydrogen (secondary N) is 2. The van der Waals surface area contributed by atoms with E-state index in [1.807, 2.05) is 0 Å². The van der Waals surface area contributed by atoms with Gasteiger partial charge >= 0.3 is 0 Å². The highest BCUT2D eigenvalue weighted by Gasteiger charge is 2.10. The van der Waals surface area contributed by atoms with Crippen molar-refractivity contribution < 1.29 is 4.79 Å². The largest absolute Gasteiger partial charge is 0.350 e. The van der Waals surface area contributed by atoms with Crippen LogP contribution in [0.4, 0.5) is 0 Å². The topological polar surface area (TPSA) is 83.6 Å². The molecule has 2 N–H and O–H groups in total. The Kier molecular flexibility index (Phi) is 4.05. The molecule has 0 atom stereocenters. The second-order valence-electron chi connectivity index (χ2n) is 3.26. The second-order valence-corrected chi connectivity index (χ2v) is 4.82. The van der Waals surface area contributed by atoms with Gasteiger partial charge in [-0.25, -0.2) is 4.98 Å². The van der Waals surface area contributed by atoms with E-state index in [-0.39, 0.29) is 15.4 Å². The number of hydrogen-bond acceptors (Lipinski definition) is 5. The van der Waals surface area contributed by atoms with Crippen LogP contribution in [0.2, 0.25) is 4.47 Å². The molecule has 2 rings (SSSR count). The fourth-order valence-corrected chi connectivity index (χ4v) is 2.01. The Morgan fingerprint density at radius 3 is 3.06 bits per heavy atom. The molecule has 0 aliphatic rings. The van der Waals surface area contributed by atoms with Gasteiger partial charge in [-0.1, -0.05) is 11.3 Å². The highest BCUT2D eigenvalue weighted by Crippen LogP contribution is 2.14. The quantitative estimate of drug-likeness (QED) is 0.803. The third-order valence-electron chi connectivity index (χ3n) is 2.03. The zero-order valence-corrected chi connectivity index (χ0v) is 10.4. The first-order valence-corrected chi connectivity index (χ1v) is 6.20. The highest BCUT2D eigenvalue weighted by atomic mass is 35.5. The van der Waals surface area contributed by atoms with Gasteiger partial charge < -0.3 is 10.3 Å². The van der Waals surface area contributed by atoms with E-state index in [1.165, 1.54) is 0 Å². The van der Waals surface area contributed by atoms with Gasteiger partial charge in [0.25, 0.3) is 5.91 Å². The van der Waals surface area contributed by atoms with Crippen molar-refractivity contribution in [3.8, 4) is 0 Å². The van der Waals surface area contributed by atoms with Crippen LogP contribution in [-0.2, 0) is 6.42 Å². The molecule has 0 unspecified atom stereocenters. The molecule has 0 bridgehead atoms. The Morgan fingerprint density at radius 1 is 1.53 bits per heavy atom. The minimum absolute atomic E-state index is 0.242. The normalized spacial score (nSPS) is 10.4. The minimum atomic E-state index is -0.242. The first-order chi connectivity index (χ1) is 8.25. The molecule has 0 fully saturated rings. The first kappa shape index (κ1) is 12.0. The number of imidazole rings is 1. The van der Waals surface area contributed by atoms with Crippen molar-refractivity contribution in [3.05, 3.63) is 27.7 Å². The Morgan fingerprint density at radius 2 is 2.41 bits per heavy atom. The number of amides is 1. The molecule has 90 valence electrons. The third-order valence-corrected chi connectivity index (χ3v) is 3.04. The molecule has 8 heteroatoms. The Labute approximate surface area is 106 Å². The molecule has 0 saturated carbocycles. The molecule has 17 heavy (non-hydrogen) atoms. The van der Waals surface area contributed by atoms with Crippen LogP contribution in [0.5, 0.6) is 0 Å². The number of aromatic nitrogens is 4. The summed E-state index contributed by atoms with van der Waals surface area (Å²) in [6.45, 7) is 0.566. The zero-order valence-electron chi connectivity index (χ0n) is 8.81. The van der Waals surface area contributed by atoms with Crippen LogP contribution < -0.4 is 5.32 Å². The molecule has 6 nitrogen and oxygen atoms in total. The number of aryl methyl sites for hydroxylation is 1. The number of carbonyl (C=O) groups excluding carboxylic acids is 1. The molecule has 0 spiro atoms. The van der Waals surface area contributed by atoms with Gasteiger partial charge in [-0.3, -0.25) is 4.79 Å². The summed E-state index contributed by atoms with van der Waals surface area (Å²) < 4.78 is 0.269. The van der Waals surface area contributed by atoms with E-state index in [0.29, 0.717) is 6.54 Å². The number of rotatable bonds is 5. The maximum atomic E-state index is 11.5. The summed E-state index contributed by atoms with van der Waals surface area (Å²) in [5, 5.41) is 10.2. The van der Waals surface area contributed by atoms with E-state index < -0.39 is 0 Å². The van der Waals surface area contributed by atoms with Gasteiger partial charge in [0.2, 0.25) is 9.47 Å². The van der Waals surface area contributed by atoms with Crippen molar-refractivity contribution in [2.45, 2.75) is 12.8 Å². The predicted molar refractivity (Wildman–Crippen MR) is 64.2 cm³/mol. The van der Waals surface area contributed by atoms with Crippen LogP contribution in [0.1, 0.15) is 22.0 Å². The van der Waals surface area contributed by atoms with E-state index in [2.05, 4.69) is 25.5 Å². The molecule has 2 heterocycles. The number of aromatic amines is 1. The molecule has 2 aromatic rings. The van der Waals surface area contributed by atoms with Crippen molar-refractivity contribution in [3.63, 3.8) is 0 Å². The van der Waals surface area contributed by atoms with Crippen LogP contribution in [0.15, 0.2) is 12.4 Å². The van der Waals surface area contributed by atoms with Crippen LogP contribution in [-0.4, -0.2) is 32.6 Å². The van der Waals surface area contributed by atoms with Gasteiger partial charge in [-0.05, 0) is 18.0 Å². The van der Waals surface area contributed by atoms with Crippen LogP contribution in [0.25, 0.3) is 0 Å². The summed E-state index contributed by atoms with van der Waals surface area (Å²) in [6.07, 6.45) is 5.09. The SMILES string of the molecule is O=C(NCCCc1ncc[nH]1)c1nnc(Cl)s1. The zero-order chi connectivity index (χ0) is 12.1. The van der Waals surface area contributed by atoms with Gasteiger partial charge in [0, 0.05) is 25.4 Å². The van der Waals surface area contributed by atoms with Crippen LogP contribution in [0, 0.1) is 0 Å². The lowest BCUT2D eigenvalue weighted by Gasteiger charge is -2.00. The standard InChI is InChI=1S/C9H10ClN5OS/c10-9-15-14-8(17-9)7(16)13-3-1-2-6-11-4-5-12-6/h4-5H,1-3H2,(H,11,12)(H,13,16). The molecule has 0 aromatic carbocycles. The molecule has 1 amide bonds. The smallest absolute Gasteiger partial charge is 0.282 e. The summed E-state index contributed by atoms with van der Waals surface area (Å²) in [5.41, 5.74) is 0. The summed E-state index contributed by atoms with van der Waals surface area (Å²) in [7, 11) is 0. The fourth-order valence-electron chi connectivity index (χ4n) is 1.27. The van der Waals surface area contributed by atoms with Crippen molar-refractivity contribution in [2.24, 2.45) is 0 Å². The summed E-state index contributed by atoms with van der Waals surface area (Å²) in [4.78, 5) is 18.6. The number of nitrogens with zero attached hydrogens (tertiary/aromatic N) is 3. The molecule has 0 aliphatic carbocycles. The molecule has 0 saturated heterocycles. The lowest BCUT2D eigenvalue weighted by Crippen LogP contribution is -2.24. The van der Waals surface area contributed by atoms with Crippen molar-refractivity contribution in [1.29, 1.82) is 0 Å². The maximum Gasteiger partial charge on any atom is 0.282 e.